The molecule has 1 aromatic heterocycles. The summed E-state index contributed by atoms with van der Waals surface area (Å²) >= 11 is 0. The lowest BCUT2D eigenvalue weighted by Gasteiger charge is -2.18. The van der Waals surface area contributed by atoms with E-state index in [1.165, 1.54) is 0 Å². The number of fused-ring (bicyclic) bond motifs is 2. The van der Waals surface area contributed by atoms with Crippen molar-refractivity contribution >= 4 is 22.9 Å². The standard InChI is InChI=1S/C18H17N3O3/c1-2-21-14-6-4-3-5-13(14)19-18(21)20-17(22)12-7-8-15-16(11-12)24-10-9-23-15/h3-8,11H,2,9-10H2,1H3,(H,19,20,22). The predicted molar refractivity (Wildman–Crippen MR) is 90.8 cm³/mol. The maximum Gasteiger partial charge on any atom is 0.258 e. The molecular weight excluding hydrogens is 306 g/mol. The monoisotopic (exact) mass is 323 g/mol. The van der Waals surface area contributed by atoms with Crippen molar-refractivity contribution in [2.45, 2.75) is 13.5 Å². The molecule has 1 N–H and O–H groups in total. The number of nitrogens with one attached hydrogen (secondary N) is 1. The van der Waals surface area contributed by atoms with Crippen molar-refractivity contribution in [3.8, 4) is 11.5 Å². The maximum atomic E-state index is 12.6. The number of hydrogen-bond donors (Lipinski definition) is 1. The Hall–Kier alpha value is -3.02. The molecule has 2 aromatic carbocycles. The molecular formula is C18H17N3O3. The van der Waals surface area contributed by atoms with E-state index in [2.05, 4.69) is 10.3 Å². The largest absolute Gasteiger partial charge is 0.486 e. The third kappa shape index (κ3) is 2.46. The molecule has 0 saturated heterocycles. The fourth-order valence-corrected chi connectivity index (χ4v) is 2.85. The molecule has 3 aromatic rings. The van der Waals surface area contributed by atoms with Crippen molar-refractivity contribution in [1.29, 1.82) is 0 Å². The Balaban J connectivity index is 1.64. The molecule has 0 fully saturated rings. The van der Waals surface area contributed by atoms with E-state index in [9.17, 15) is 4.79 Å². The van der Waals surface area contributed by atoms with Gasteiger partial charge >= 0.3 is 0 Å². The summed E-state index contributed by atoms with van der Waals surface area (Å²) in [5.41, 5.74) is 2.36. The van der Waals surface area contributed by atoms with Gasteiger partial charge in [-0.15, -0.1) is 0 Å². The molecule has 24 heavy (non-hydrogen) atoms. The number of ether oxygens (including phenoxy) is 2. The highest BCUT2D eigenvalue weighted by Crippen LogP contribution is 2.31. The first-order valence-corrected chi connectivity index (χ1v) is 7.92. The minimum absolute atomic E-state index is 0.225. The van der Waals surface area contributed by atoms with E-state index in [1.807, 2.05) is 35.8 Å². The van der Waals surface area contributed by atoms with Crippen LogP contribution in [0.2, 0.25) is 0 Å². The molecule has 0 bridgehead atoms. The van der Waals surface area contributed by atoms with E-state index in [4.69, 9.17) is 9.47 Å². The summed E-state index contributed by atoms with van der Waals surface area (Å²) in [5.74, 6) is 1.58. The van der Waals surface area contributed by atoms with Gasteiger partial charge < -0.3 is 14.0 Å². The van der Waals surface area contributed by atoms with Gasteiger partial charge in [-0.25, -0.2) is 4.98 Å². The van der Waals surface area contributed by atoms with E-state index in [-0.39, 0.29) is 5.91 Å². The lowest BCUT2D eigenvalue weighted by molar-refractivity contribution is 0.102. The van der Waals surface area contributed by atoms with Crippen LogP contribution < -0.4 is 14.8 Å². The zero-order valence-corrected chi connectivity index (χ0v) is 13.3. The molecule has 0 spiro atoms. The first-order valence-electron chi connectivity index (χ1n) is 7.92. The second kappa shape index (κ2) is 5.88. The Morgan fingerprint density at radius 2 is 1.96 bits per heavy atom. The molecule has 122 valence electrons. The number of nitrogens with zero attached hydrogens (tertiary/aromatic N) is 2. The van der Waals surface area contributed by atoms with Gasteiger partial charge in [0.1, 0.15) is 13.2 Å². The van der Waals surface area contributed by atoms with E-state index in [0.29, 0.717) is 36.2 Å². The summed E-state index contributed by atoms with van der Waals surface area (Å²) in [6.45, 7) is 3.76. The number of anilines is 1. The summed E-state index contributed by atoms with van der Waals surface area (Å²) < 4.78 is 13.0. The molecule has 0 atom stereocenters. The highest BCUT2D eigenvalue weighted by atomic mass is 16.6. The number of imidazole rings is 1. The van der Waals surface area contributed by atoms with Crippen molar-refractivity contribution in [1.82, 2.24) is 9.55 Å². The molecule has 0 aliphatic carbocycles. The van der Waals surface area contributed by atoms with Crippen LogP contribution in [-0.2, 0) is 6.54 Å². The molecule has 4 rings (SSSR count). The average Bonchev–Trinajstić information content (AvgIpc) is 2.98. The number of hydrogen-bond acceptors (Lipinski definition) is 4. The van der Waals surface area contributed by atoms with Crippen molar-refractivity contribution in [2.24, 2.45) is 0 Å². The number of amides is 1. The lowest BCUT2D eigenvalue weighted by atomic mass is 10.2. The van der Waals surface area contributed by atoms with Crippen molar-refractivity contribution < 1.29 is 14.3 Å². The van der Waals surface area contributed by atoms with Gasteiger partial charge in [-0.2, -0.15) is 0 Å². The molecule has 1 amide bonds. The predicted octanol–water partition coefficient (Wildman–Crippen LogP) is 3.08. The molecule has 6 nitrogen and oxygen atoms in total. The zero-order valence-electron chi connectivity index (χ0n) is 13.3. The highest BCUT2D eigenvalue weighted by molar-refractivity contribution is 6.04. The Kier molecular flexibility index (Phi) is 3.57. The third-order valence-electron chi connectivity index (χ3n) is 4.00. The van der Waals surface area contributed by atoms with E-state index in [1.54, 1.807) is 18.2 Å². The third-order valence-corrected chi connectivity index (χ3v) is 4.00. The van der Waals surface area contributed by atoms with Crippen molar-refractivity contribution in [2.75, 3.05) is 18.5 Å². The topological polar surface area (TPSA) is 65.4 Å². The van der Waals surface area contributed by atoms with Gasteiger partial charge in [0.25, 0.3) is 5.91 Å². The number of carbonyl (C=O) groups is 1. The molecule has 1 aliphatic heterocycles. The van der Waals surface area contributed by atoms with Gasteiger partial charge in [-0.1, -0.05) is 12.1 Å². The fourth-order valence-electron chi connectivity index (χ4n) is 2.85. The summed E-state index contributed by atoms with van der Waals surface area (Å²) in [6, 6.07) is 13.0. The van der Waals surface area contributed by atoms with Crippen LogP contribution in [0.5, 0.6) is 11.5 Å². The highest BCUT2D eigenvalue weighted by Gasteiger charge is 2.17. The summed E-state index contributed by atoms with van der Waals surface area (Å²) in [7, 11) is 0. The fraction of sp³-hybridized carbons (Fsp3) is 0.222. The Bertz CT molecular complexity index is 917. The number of carbonyl (C=O) groups excluding carboxylic acids is 1. The second-order valence-corrected chi connectivity index (χ2v) is 5.48. The van der Waals surface area contributed by atoms with Gasteiger partial charge in [-0.05, 0) is 37.3 Å². The van der Waals surface area contributed by atoms with Crippen LogP contribution in [0, 0.1) is 0 Å². The van der Waals surface area contributed by atoms with Crippen molar-refractivity contribution in [3.05, 3.63) is 48.0 Å². The van der Waals surface area contributed by atoms with E-state index < -0.39 is 0 Å². The lowest BCUT2D eigenvalue weighted by Crippen LogP contribution is -2.18. The molecule has 0 radical (unpaired) electrons. The molecule has 0 unspecified atom stereocenters. The summed E-state index contributed by atoms with van der Waals surface area (Å²) in [4.78, 5) is 17.1. The van der Waals surface area contributed by atoms with Gasteiger partial charge in [0.15, 0.2) is 11.5 Å². The number of rotatable bonds is 3. The first-order chi connectivity index (χ1) is 11.8. The molecule has 2 heterocycles. The quantitative estimate of drug-likeness (QED) is 0.804. The molecule has 6 heteroatoms. The number of aromatic nitrogens is 2. The summed E-state index contributed by atoms with van der Waals surface area (Å²) in [6.07, 6.45) is 0. The van der Waals surface area contributed by atoms with Crippen LogP contribution in [0.25, 0.3) is 11.0 Å². The van der Waals surface area contributed by atoms with Crippen LogP contribution in [0.15, 0.2) is 42.5 Å². The second-order valence-electron chi connectivity index (χ2n) is 5.48. The molecule has 1 aliphatic rings. The van der Waals surface area contributed by atoms with Gasteiger partial charge in [-0.3, -0.25) is 10.1 Å². The van der Waals surface area contributed by atoms with Crippen LogP contribution in [0.1, 0.15) is 17.3 Å². The Morgan fingerprint density at radius 1 is 1.17 bits per heavy atom. The SMILES string of the molecule is CCn1c(NC(=O)c2ccc3c(c2)OCCO3)nc2ccccc21. The first kappa shape index (κ1) is 14.6. The Morgan fingerprint density at radius 3 is 2.79 bits per heavy atom. The smallest absolute Gasteiger partial charge is 0.258 e. The van der Waals surface area contributed by atoms with Gasteiger partial charge in [0.2, 0.25) is 5.95 Å². The Labute approximate surface area is 139 Å². The zero-order chi connectivity index (χ0) is 16.5. The number of benzene rings is 2. The van der Waals surface area contributed by atoms with Crippen LogP contribution >= 0.6 is 0 Å². The van der Waals surface area contributed by atoms with Crippen molar-refractivity contribution in [3.63, 3.8) is 0 Å². The minimum Gasteiger partial charge on any atom is -0.486 e. The average molecular weight is 323 g/mol. The van der Waals surface area contributed by atoms with Crippen LogP contribution in [-0.4, -0.2) is 28.7 Å². The normalized spacial score (nSPS) is 13.0. The number of para-hydroxylation sites is 2. The van der Waals surface area contributed by atoms with Gasteiger partial charge in [0.05, 0.1) is 11.0 Å². The minimum atomic E-state index is -0.225. The molecule has 0 saturated carbocycles. The maximum absolute atomic E-state index is 12.6. The van der Waals surface area contributed by atoms with Gasteiger partial charge in [0, 0.05) is 12.1 Å². The number of aryl methyl sites for hydroxylation is 1. The van der Waals surface area contributed by atoms with Crippen LogP contribution in [0.3, 0.4) is 0 Å². The van der Waals surface area contributed by atoms with E-state index in [0.717, 1.165) is 17.6 Å². The van der Waals surface area contributed by atoms with Crippen LogP contribution in [0.4, 0.5) is 5.95 Å². The van der Waals surface area contributed by atoms with E-state index >= 15 is 0 Å². The summed E-state index contributed by atoms with van der Waals surface area (Å²) in [5, 5.41) is 2.89.